The summed E-state index contributed by atoms with van der Waals surface area (Å²) in [5, 5.41) is 12.8. The van der Waals surface area contributed by atoms with Gasteiger partial charge in [-0.15, -0.1) is 11.3 Å². The van der Waals surface area contributed by atoms with E-state index in [9.17, 15) is 5.11 Å². The molecule has 0 bridgehead atoms. The van der Waals surface area contributed by atoms with Gasteiger partial charge in [0, 0.05) is 4.88 Å². The Kier molecular flexibility index (Phi) is 4.42. The second-order valence-electron chi connectivity index (χ2n) is 7.96. The fourth-order valence-electron chi connectivity index (χ4n) is 2.61. The minimum Gasteiger partial charge on any atom is -0.507 e. The number of thiophene rings is 1. The molecule has 2 rings (SSSR count). The summed E-state index contributed by atoms with van der Waals surface area (Å²) in [5.74, 6) is 0.405. The molecule has 0 radical (unpaired) electrons. The summed E-state index contributed by atoms with van der Waals surface area (Å²) in [5.41, 5.74) is 9.19. The van der Waals surface area contributed by atoms with Crippen molar-refractivity contribution in [3.8, 4) is 5.75 Å². The second kappa shape index (κ2) is 5.71. The Morgan fingerprint density at radius 3 is 1.86 bits per heavy atom. The summed E-state index contributed by atoms with van der Waals surface area (Å²) in [7, 11) is 0. The molecule has 1 aromatic carbocycles. The fourth-order valence-corrected chi connectivity index (χ4v) is 3.37. The molecule has 1 atom stereocenters. The van der Waals surface area contributed by atoms with E-state index in [1.165, 1.54) is 0 Å². The molecular weight excluding hydrogens is 290 g/mol. The van der Waals surface area contributed by atoms with Gasteiger partial charge in [0.15, 0.2) is 0 Å². The average Bonchev–Trinajstić information content (AvgIpc) is 2.89. The molecule has 0 aliphatic carbocycles. The molecule has 0 fully saturated rings. The molecule has 0 spiro atoms. The highest BCUT2D eigenvalue weighted by Crippen LogP contribution is 2.41. The molecule has 0 saturated heterocycles. The van der Waals surface area contributed by atoms with E-state index in [1.807, 2.05) is 11.4 Å². The maximum absolute atomic E-state index is 10.8. The minimum atomic E-state index is -0.150. The van der Waals surface area contributed by atoms with Crippen LogP contribution in [0.1, 0.15) is 69.2 Å². The number of nitrogens with two attached hydrogens (primary N) is 1. The molecule has 1 aromatic heterocycles. The SMILES string of the molecule is CC(C)(C)c1cc([C@H](N)c2cccs2)cc(C(C)(C)C)c1O. The lowest BCUT2D eigenvalue weighted by Gasteiger charge is -2.29. The van der Waals surface area contributed by atoms with Gasteiger partial charge in [0.1, 0.15) is 5.75 Å². The van der Waals surface area contributed by atoms with Crippen LogP contribution in [-0.4, -0.2) is 5.11 Å². The van der Waals surface area contributed by atoms with E-state index in [0.29, 0.717) is 5.75 Å². The highest BCUT2D eigenvalue weighted by Gasteiger charge is 2.27. The molecule has 22 heavy (non-hydrogen) atoms. The molecule has 0 saturated carbocycles. The molecule has 0 unspecified atom stereocenters. The lowest BCUT2D eigenvalue weighted by molar-refractivity contribution is 0.422. The highest BCUT2D eigenvalue weighted by molar-refractivity contribution is 7.10. The average molecular weight is 317 g/mol. The predicted octanol–water partition coefficient (Wildman–Crippen LogP) is 5.10. The topological polar surface area (TPSA) is 46.2 Å². The Balaban J connectivity index is 2.65. The van der Waals surface area contributed by atoms with Crippen molar-refractivity contribution in [2.75, 3.05) is 0 Å². The van der Waals surface area contributed by atoms with Crippen molar-refractivity contribution >= 4 is 11.3 Å². The van der Waals surface area contributed by atoms with E-state index < -0.39 is 0 Å². The molecule has 3 N–H and O–H groups in total. The normalized spacial score (nSPS) is 14.1. The van der Waals surface area contributed by atoms with E-state index in [4.69, 9.17) is 5.73 Å². The van der Waals surface area contributed by atoms with Crippen LogP contribution in [0.4, 0.5) is 0 Å². The fraction of sp³-hybridized carbons (Fsp3) is 0.474. The van der Waals surface area contributed by atoms with Crippen LogP contribution in [0.15, 0.2) is 29.6 Å². The van der Waals surface area contributed by atoms with Gasteiger partial charge in [0.05, 0.1) is 6.04 Å². The smallest absolute Gasteiger partial charge is 0.123 e. The lowest BCUT2D eigenvalue weighted by atomic mass is 9.77. The standard InChI is InChI=1S/C19H27NOS/c1-18(2,3)13-10-12(16(20)15-8-7-9-22-15)11-14(17(13)21)19(4,5)6/h7-11,16,21H,20H2,1-6H3/t16-/m0/s1. The molecular formula is C19H27NOS. The first kappa shape index (κ1) is 17.0. The third-order valence-electron chi connectivity index (χ3n) is 3.96. The second-order valence-corrected chi connectivity index (χ2v) is 8.94. The van der Waals surface area contributed by atoms with E-state index in [0.717, 1.165) is 21.6 Å². The number of aromatic hydroxyl groups is 1. The number of rotatable bonds is 2. The summed E-state index contributed by atoms with van der Waals surface area (Å²) >= 11 is 1.67. The zero-order chi connectivity index (χ0) is 16.7. The molecule has 3 heteroatoms. The van der Waals surface area contributed by atoms with Crippen molar-refractivity contribution in [2.45, 2.75) is 58.4 Å². The zero-order valence-corrected chi connectivity index (χ0v) is 15.2. The van der Waals surface area contributed by atoms with E-state index >= 15 is 0 Å². The summed E-state index contributed by atoms with van der Waals surface area (Å²) in [6, 6.07) is 8.07. The lowest BCUT2D eigenvalue weighted by Crippen LogP contribution is -2.20. The largest absolute Gasteiger partial charge is 0.507 e. The van der Waals surface area contributed by atoms with Gasteiger partial charge in [-0.05, 0) is 51.1 Å². The van der Waals surface area contributed by atoms with Crippen LogP contribution in [0, 0.1) is 0 Å². The van der Waals surface area contributed by atoms with Crippen molar-refractivity contribution in [1.29, 1.82) is 0 Å². The summed E-state index contributed by atoms with van der Waals surface area (Å²) in [6.45, 7) is 12.7. The van der Waals surface area contributed by atoms with Gasteiger partial charge in [0.2, 0.25) is 0 Å². The van der Waals surface area contributed by atoms with E-state index in [2.05, 4.69) is 59.7 Å². The van der Waals surface area contributed by atoms with Crippen molar-refractivity contribution in [1.82, 2.24) is 0 Å². The number of hydrogen-bond acceptors (Lipinski definition) is 3. The minimum absolute atomic E-state index is 0.130. The first-order valence-electron chi connectivity index (χ1n) is 7.68. The van der Waals surface area contributed by atoms with Crippen molar-refractivity contribution < 1.29 is 5.11 Å². The van der Waals surface area contributed by atoms with Gasteiger partial charge in [-0.1, -0.05) is 47.6 Å². The Labute approximate surface area is 138 Å². The quantitative estimate of drug-likeness (QED) is 0.809. The highest BCUT2D eigenvalue weighted by atomic mass is 32.1. The first-order chi connectivity index (χ1) is 10.0. The Bertz CT molecular complexity index is 610. The first-order valence-corrected chi connectivity index (χ1v) is 8.56. The molecule has 1 heterocycles. The number of phenols is 1. The predicted molar refractivity (Wildman–Crippen MR) is 95.9 cm³/mol. The third kappa shape index (κ3) is 3.36. The van der Waals surface area contributed by atoms with Crippen molar-refractivity contribution in [2.24, 2.45) is 5.73 Å². The number of phenolic OH excluding ortho intramolecular Hbond substituents is 1. The van der Waals surface area contributed by atoms with Crippen LogP contribution in [0.5, 0.6) is 5.75 Å². The number of benzene rings is 1. The van der Waals surface area contributed by atoms with E-state index in [1.54, 1.807) is 11.3 Å². The van der Waals surface area contributed by atoms with Crippen LogP contribution >= 0.6 is 11.3 Å². The maximum Gasteiger partial charge on any atom is 0.123 e. The molecule has 2 aromatic rings. The Morgan fingerprint density at radius 2 is 1.50 bits per heavy atom. The molecule has 0 aliphatic heterocycles. The van der Waals surface area contributed by atoms with Crippen LogP contribution in [0.3, 0.4) is 0 Å². The molecule has 2 nitrogen and oxygen atoms in total. The maximum atomic E-state index is 10.8. The van der Waals surface area contributed by atoms with Crippen LogP contribution in [0.25, 0.3) is 0 Å². The van der Waals surface area contributed by atoms with Crippen LogP contribution < -0.4 is 5.73 Å². The molecule has 120 valence electrons. The van der Waals surface area contributed by atoms with Crippen LogP contribution in [-0.2, 0) is 10.8 Å². The monoisotopic (exact) mass is 317 g/mol. The Morgan fingerprint density at radius 1 is 1.00 bits per heavy atom. The number of hydrogen-bond donors (Lipinski definition) is 2. The van der Waals surface area contributed by atoms with Gasteiger partial charge in [0.25, 0.3) is 0 Å². The van der Waals surface area contributed by atoms with Crippen molar-refractivity contribution in [3.05, 3.63) is 51.2 Å². The van der Waals surface area contributed by atoms with Crippen molar-refractivity contribution in [3.63, 3.8) is 0 Å². The Hall–Kier alpha value is -1.32. The zero-order valence-electron chi connectivity index (χ0n) is 14.4. The third-order valence-corrected chi connectivity index (χ3v) is 4.91. The van der Waals surface area contributed by atoms with Gasteiger partial charge in [-0.3, -0.25) is 0 Å². The van der Waals surface area contributed by atoms with Gasteiger partial charge < -0.3 is 10.8 Å². The molecule has 0 amide bonds. The summed E-state index contributed by atoms with van der Waals surface area (Å²) in [4.78, 5) is 1.14. The van der Waals surface area contributed by atoms with E-state index in [-0.39, 0.29) is 16.9 Å². The summed E-state index contributed by atoms with van der Waals surface area (Å²) < 4.78 is 0. The van der Waals surface area contributed by atoms with Gasteiger partial charge in [-0.25, -0.2) is 0 Å². The molecule has 0 aliphatic rings. The summed E-state index contributed by atoms with van der Waals surface area (Å²) in [6.07, 6.45) is 0. The van der Waals surface area contributed by atoms with Gasteiger partial charge in [-0.2, -0.15) is 0 Å². The van der Waals surface area contributed by atoms with Crippen LogP contribution in [0.2, 0.25) is 0 Å². The van der Waals surface area contributed by atoms with Gasteiger partial charge >= 0.3 is 0 Å².